The summed E-state index contributed by atoms with van der Waals surface area (Å²) < 4.78 is 11.5. The second-order valence-electron chi connectivity index (χ2n) is 5.87. The first-order valence-corrected chi connectivity index (χ1v) is 6.51. The van der Waals surface area contributed by atoms with Crippen molar-refractivity contribution in [1.29, 1.82) is 0 Å². The van der Waals surface area contributed by atoms with E-state index in [9.17, 15) is 0 Å². The van der Waals surface area contributed by atoms with E-state index in [0.29, 0.717) is 11.5 Å². The van der Waals surface area contributed by atoms with E-state index in [1.807, 2.05) is 0 Å². The van der Waals surface area contributed by atoms with Crippen molar-refractivity contribution in [2.45, 2.75) is 45.1 Å². The van der Waals surface area contributed by atoms with E-state index < -0.39 is 0 Å². The molecule has 0 amide bonds. The molecule has 0 aromatic carbocycles. The van der Waals surface area contributed by atoms with Crippen LogP contribution in [0.15, 0.2) is 0 Å². The van der Waals surface area contributed by atoms with Crippen LogP contribution in [-0.4, -0.2) is 25.9 Å². The second kappa shape index (κ2) is 3.74. The zero-order valence-electron chi connectivity index (χ0n) is 9.71. The molecule has 1 heterocycles. The van der Waals surface area contributed by atoms with Gasteiger partial charge in [-0.2, -0.15) is 0 Å². The quantitative estimate of drug-likeness (QED) is 0.710. The highest BCUT2D eigenvalue weighted by Crippen LogP contribution is 2.46. The van der Waals surface area contributed by atoms with Gasteiger partial charge in [-0.25, -0.2) is 0 Å². The fourth-order valence-electron chi connectivity index (χ4n) is 3.45. The Morgan fingerprint density at radius 1 is 1.27 bits per heavy atom. The fourth-order valence-corrected chi connectivity index (χ4v) is 3.45. The molecule has 3 fully saturated rings. The molecule has 1 aliphatic heterocycles. The van der Waals surface area contributed by atoms with Gasteiger partial charge in [0.1, 0.15) is 0 Å². The third kappa shape index (κ3) is 1.72. The van der Waals surface area contributed by atoms with Crippen LogP contribution in [0, 0.1) is 17.3 Å². The van der Waals surface area contributed by atoms with Gasteiger partial charge in [-0.05, 0) is 43.9 Å². The standard InChI is InChI=1S/C13H22O2/c1-2-13(7-14-8-13)9-15-12-6-10-3-4-11(12)5-10/h10-12H,2-9H2,1H3. The highest BCUT2D eigenvalue weighted by molar-refractivity contribution is 4.92. The molecule has 2 heteroatoms. The molecule has 2 aliphatic carbocycles. The lowest BCUT2D eigenvalue weighted by atomic mass is 9.84. The summed E-state index contributed by atoms with van der Waals surface area (Å²) in [5.41, 5.74) is 0.377. The molecule has 2 bridgehead atoms. The monoisotopic (exact) mass is 210 g/mol. The van der Waals surface area contributed by atoms with E-state index in [1.165, 1.54) is 32.1 Å². The Morgan fingerprint density at radius 3 is 2.60 bits per heavy atom. The number of ether oxygens (including phenoxy) is 2. The van der Waals surface area contributed by atoms with Gasteiger partial charge in [-0.1, -0.05) is 6.92 Å². The van der Waals surface area contributed by atoms with Crippen LogP contribution in [0.2, 0.25) is 0 Å². The van der Waals surface area contributed by atoms with Crippen molar-refractivity contribution < 1.29 is 9.47 Å². The summed E-state index contributed by atoms with van der Waals surface area (Å²) in [6.07, 6.45) is 7.46. The van der Waals surface area contributed by atoms with E-state index in [2.05, 4.69) is 6.92 Å². The molecular formula is C13H22O2. The summed E-state index contributed by atoms with van der Waals surface area (Å²) in [5.74, 6) is 1.89. The van der Waals surface area contributed by atoms with Crippen molar-refractivity contribution in [2.75, 3.05) is 19.8 Å². The Balaban J connectivity index is 1.50. The Bertz CT molecular complexity index is 229. The smallest absolute Gasteiger partial charge is 0.0606 e. The third-order valence-electron chi connectivity index (χ3n) is 4.84. The molecule has 3 atom stereocenters. The minimum Gasteiger partial charge on any atom is -0.380 e. The van der Waals surface area contributed by atoms with Crippen LogP contribution in [0.1, 0.15) is 39.0 Å². The highest BCUT2D eigenvalue weighted by Gasteiger charge is 2.43. The predicted molar refractivity (Wildman–Crippen MR) is 58.7 cm³/mol. The van der Waals surface area contributed by atoms with Crippen molar-refractivity contribution in [3.8, 4) is 0 Å². The van der Waals surface area contributed by atoms with Crippen LogP contribution in [0.4, 0.5) is 0 Å². The summed E-state index contributed by atoms with van der Waals surface area (Å²) in [7, 11) is 0. The molecule has 0 radical (unpaired) electrons. The Labute approximate surface area is 92.3 Å². The zero-order valence-corrected chi connectivity index (χ0v) is 9.71. The SMILES string of the molecule is CCC1(COC2CC3CCC2C3)COC1. The minimum absolute atomic E-state index is 0.377. The molecule has 0 N–H and O–H groups in total. The summed E-state index contributed by atoms with van der Waals surface area (Å²) in [4.78, 5) is 0. The van der Waals surface area contributed by atoms with Crippen LogP contribution in [-0.2, 0) is 9.47 Å². The van der Waals surface area contributed by atoms with Crippen molar-refractivity contribution in [1.82, 2.24) is 0 Å². The van der Waals surface area contributed by atoms with Gasteiger partial charge >= 0.3 is 0 Å². The van der Waals surface area contributed by atoms with E-state index in [4.69, 9.17) is 9.47 Å². The molecule has 0 aromatic rings. The van der Waals surface area contributed by atoms with Crippen LogP contribution < -0.4 is 0 Å². The predicted octanol–water partition coefficient (Wildman–Crippen LogP) is 2.62. The molecule has 0 spiro atoms. The molecule has 15 heavy (non-hydrogen) atoms. The average molecular weight is 210 g/mol. The molecular weight excluding hydrogens is 188 g/mol. The molecule has 3 rings (SSSR count). The second-order valence-corrected chi connectivity index (χ2v) is 5.87. The van der Waals surface area contributed by atoms with Crippen molar-refractivity contribution >= 4 is 0 Å². The number of hydrogen-bond acceptors (Lipinski definition) is 2. The average Bonchev–Trinajstić information content (AvgIpc) is 2.78. The van der Waals surface area contributed by atoms with Crippen molar-refractivity contribution in [3.63, 3.8) is 0 Å². The number of hydrogen-bond donors (Lipinski definition) is 0. The maximum Gasteiger partial charge on any atom is 0.0606 e. The molecule has 1 saturated heterocycles. The summed E-state index contributed by atoms with van der Waals surface area (Å²) >= 11 is 0. The lowest BCUT2D eigenvalue weighted by Gasteiger charge is -2.41. The van der Waals surface area contributed by atoms with Crippen molar-refractivity contribution in [2.24, 2.45) is 17.3 Å². The first kappa shape index (κ1) is 10.1. The Morgan fingerprint density at radius 2 is 2.13 bits per heavy atom. The third-order valence-corrected chi connectivity index (χ3v) is 4.84. The fraction of sp³-hybridized carbons (Fsp3) is 1.00. The normalized spacial score (nSPS) is 41.8. The summed E-state index contributed by atoms with van der Waals surface area (Å²) in [6, 6.07) is 0. The highest BCUT2D eigenvalue weighted by atomic mass is 16.5. The molecule has 2 saturated carbocycles. The van der Waals surface area contributed by atoms with Gasteiger partial charge in [0.25, 0.3) is 0 Å². The van der Waals surface area contributed by atoms with Crippen LogP contribution in [0.3, 0.4) is 0 Å². The van der Waals surface area contributed by atoms with Crippen LogP contribution >= 0.6 is 0 Å². The lowest BCUT2D eigenvalue weighted by molar-refractivity contribution is -0.164. The first-order chi connectivity index (χ1) is 7.31. The van der Waals surface area contributed by atoms with E-state index in [0.717, 1.165) is 31.7 Å². The van der Waals surface area contributed by atoms with E-state index in [-0.39, 0.29) is 0 Å². The van der Waals surface area contributed by atoms with Gasteiger partial charge in [-0.15, -0.1) is 0 Å². The van der Waals surface area contributed by atoms with Crippen LogP contribution in [0.25, 0.3) is 0 Å². The van der Waals surface area contributed by atoms with Gasteiger partial charge in [0.15, 0.2) is 0 Å². The van der Waals surface area contributed by atoms with Gasteiger partial charge in [-0.3, -0.25) is 0 Å². The Kier molecular flexibility index (Phi) is 2.52. The minimum atomic E-state index is 0.377. The van der Waals surface area contributed by atoms with Gasteiger partial charge in [0, 0.05) is 5.41 Å². The lowest BCUT2D eigenvalue weighted by Crippen LogP contribution is -2.46. The van der Waals surface area contributed by atoms with Gasteiger partial charge in [0.05, 0.1) is 25.9 Å². The molecule has 3 unspecified atom stereocenters. The van der Waals surface area contributed by atoms with E-state index >= 15 is 0 Å². The Hall–Kier alpha value is -0.0800. The maximum absolute atomic E-state index is 6.16. The molecule has 2 nitrogen and oxygen atoms in total. The first-order valence-electron chi connectivity index (χ1n) is 6.51. The van der Waals surface area contributed by atoms with Gasteiger partial charge < -0.3 is 9.47 Å². The van der Waals surface area contributed by atoms with Crippen molar-refractivity contribution in [3.05, 3.63) is 0 Å². The van der Waals surface area contributed by atoms with Gasteiger partial charge in [0.2, 0.25) is 0 Å². The number of fused-ring (bicyclic) bond motifs is 2. The largest absolute Gasteiger partial charge is 0.380 e. The van der Waals surface area contributed by atoms with Crippen LogP contribution in [0.5, 0.6) is 0 Å². The maximum atomic E-state index is 6.16. The topological polar surface area (TPSA) is 18.5 Å². The van der Waals surface area contributed by atoms with E-state index in [1.54, 1.807) is 0 Å². The molecule has 86 valence electrons. The summed E-state index contributed by atoms with van der Waals surface area (Å²) in [5, 5.41) is 0. The zero-order chi connectivity index (χ0) is 10.3. The number of rotatable bonds is 4. The molecule has 0 aromatic heterocycles. The summed E-state index contributed by atoms with van der Waals surface area (Å²) in [6.45, 7) is 5.04. The molecule has 3 aliphatic rings.